The zero-order chi connectivity index (χ0) is 31.9. The van der Waals surface area contributed by atoms with Crippen molar-refractivity contribution in [2.75, 3.05) is 33.3 Å². The Balaban J connectivity index is 1.56. The van der Waals surface area contributed by atoms with Gasteiger partial charge >= 0.3 is 11.9 Å². The number of phenolic OH excluding ortho intramolecular Hbond substituents is 1. The normalized spacial score (nSPS) is 30.2. The van der Waals surface area contributed by atoms with Gasteiger partial charge < -0.3 is 34.5 Å². The van der Waals surface area contributed by atoms with Crippen LogP contribution in [0.25, 0.3) is 0 Å². The van der Waals surface area contributed by atoms with Gasteiger partial charge in [0, 0.05) is 59.5 Å². The van der Waals surface area contributed by atoms with Gasteiger partial charge in [0.15, 0.2) is 23.0 Å². The van der Waals surface area contributed by atoms with Crippen molar-refractivity contribution in [1.29, 1.82) is 5.26 Å². The van der Waals surface area contributed by atoms with Crippen LogP contribution in [0.2, 0.25) is 0 Å². The number of aromatic hydroxyl groups is 1. The summed E-state index contributed by atoms with van der Waals surface area (Å²) in [5.41, 5.74) is 11.0. The fourth-order valence-corrected chi connectivity index (χ4v) is 9.65. The van der Waals surface area contributed by atoms with Crippen LogP contribution < -0.4 is 24.7 Å². The van der Waals surface area contributed by atoms with E-state index in [9.17, 15) is 20.0 Å². The van der Waals surface area contributed by atoms with Gasteiger partial charge in [-0.15, -0.1) is 11.8 Å². The van der Waals surface area contributed by atoms with Gasteiger partial charge in [0.1, 0.15) is 17.8 Å². The van der Waals surface area contributed by atoms with Gasteiger partial charge in [-0.25, -0.2) is 0 Å². The van der Waals surface area contributed by atoms with Gasteiger partial charge in [-0.1, -0.05) is 6.07 Å². The smallest absolute Gasteiger partial charge is 0.323 e. The standard InChI is InChI=1S/C32H36N4O8S/c1-13-8-16-9-19-20(10-33)36-18-6-7-41-32(39)17(34)11-45-31(25(36)24(35(19)4)21(16)26(38)27(13)40-5)23-22(18)30-29(42-12-43-30)14(2)28(23)44-15(3)37/h8,17-20,24-25,31,38H,6-7,9,11-12,34H2,1-5H3/t17?,18-,19-,20-,24+,25+,31+/m0/s1. The van der Waals surface area contributed by atoms with Crippen LogP contribution in [0.5, 0.6) is 28.7 Å². The van der Waals surface area contributed by atoms with Gasteiger partial charge in [0.2, 0.25) is 6.79 Å². The Hall–Kier alpha value is -3.70. The molecule has 5 heterocycles. The van der Waals surface area contributed by atoms with Crippen molar-refractivity contribution in [3.8, 4) is 34.8 Å². The van der Waals surface area contributed by atoms with Crippen molar-refractivity contribution >= 4 is 23.7 Å². The largest absolute Gasteiger partial charge is 0.504 e. The van der Waals surface area contributed by atoms with Gasteiger partial charge in [0.05, 0.1) is 31.1 Å². The number of cyclic esters (lactones) is 1. The minimum atomic E-state index is -0.896. The van der Waals surface area contributed by atoms with Crippen LogP contribution in [0.4, 0.5) is 0 Å². The molecule has 2 fully saturated rings. The molecule has 1 unspecified atom stereocenters. The summed E-state index contributed by atoms with van der Waals surface area (Å²) in [6, 6.07) is 1.70. The van der Waals surface area contributed by atoms with E-state index in [-0.39, 0.29) is 30.9 Å². The first-order chi connectivity index (χ1) is 21.6. The number of likely N-dealkylation sites (N-methyl/N-ethyl adjacent to an activating group) is 1. The lowest BCUT2D eigenvalue weighted by Crippen LogP contribution is -2.68. The van der Waals surface area contributed by atoms with Gasteiger partial charge in [0.25, 0.3) is 0 Å². The molecule has 4 bridgehead atoms. The van der Waals surface area contributed by atoms with Crippen LogP contribution in [0.15, 0.2) is 6.07 Å². The zero-order valence-electron chi connectivity index (χ0n) is 25.8. The summed E-state index contributed by atoms with van der Waals surface area (Å²) >= 11 is 1.45. The number of hydrogen-bond acceptors (Lipinski definition) is 13. The molecule has 45 heavy (non-hydrogen) atoms. The first-order valence-electron chi connectivity index (χ1n) is 15.0. The average Bonchev–Trinajstić information content (AvgIpc) is 3.48. The Morgan fingerprint density at radius 2 is 1.93 bits per heavy atom. The number of aryl methyl sites for hydroxylation is 1. The molecule has 13 heteroatoms. The number of piperazine rings is 1. The molecule has 3 N–H and O–H groups in total. The van der Waals surface area contributed by atoms with Crippen molar-refractivity contribution in [2.24, 2.45) is 5.73 Å². The van der Waals surface area contributed by atoms with E-state index in [0.717, 1.165) is 27.8 Å². The molecule has 5 aliphatic rings. The summed E-state index contributed by atoms with van der Waals surface area (Å²) in [7, 11) is 3.53. The quantitative estimate of drug-likeness (QED) is 0.367. The molecule has 238 valence electrons. The van der Waals surface area contributed by atoms with E-state index in [1.54, 1.807) is 7.11 Å². The number of carbonyl (C=O) groups is 2. The average molecular weight is 637 g/mol. The molecule has 12 nitrogen and oxygen atoms in total. The van der Waals surface area contributed by atoms with Crippen LogP contribution in [0.1, 0.15) is 64.1 Å². The Bertz CT molecular complexity index is 1660. The number of phenols is 1. The molecule has 0 spiro atoms. The number of fused-ring (bicyclic) bond motifs is 9. The maximum atomic E-state index is 12.9. The van der Waals surface area contributed by atoms with Crippen molar-refractivity contribution in [2.45, 2.75) is 75.1 Å². The first-order valence-corrected chi connectivity index (χ1v) is 16.1. The first kappa shape index (κ1) is 30.0. The minimum Gasteiger partial charge on any atom is -0.504 e. The van der Waals surface area contributed by atoms with E-state index >= 15 is 0 Å². The highest BCUT2D eigenvalue weighted by Crippen LogP contribution is 2.64. The van der Waals surface area contributed by atoms with E-state index in [4.69, 9.17) is 29.4 Å². The number of ether oxygens (including phenoxy) is 5. The van der Waals surface area contributed by atoms with Crippen molar-refractivity contribution in [1.82, 2.24) is 9.80 Å². The third kappa shape index (κ3) is 4.30. The van der Waals surface area contributed by atoms with Crippen molar-refractivity contribution in [3.63, 3.8) is 0 Å². The summed E-state index contributed by atoms with van der Waals surface area (Å²) < 4.78 is 29.4. The monoisotopic (exact) mass is 636 g/mol. The highest BCUT2D eigenvalue weighted by atomic mass is 32.2. The number of rotatable bonds is 2. The molecule has 5 aliphatic heterocycles. The third-order valence-electron chi connectivity index (χ3n) is 9.94. The predicted octanol–water partition coefficient (Wildman–Crippen LogP) is 2.95. The molecule has 0 radical (unpaired) electrons. The number of nitriles is 1. The molecule has 0 saturated carbocycles. The van der Waals surface area contributed by atoms with E-state index in [2.05, 4.69) is 15.9 Å². The van der Waals surface area contributed by atoms with Crippen molar-refractivity contribution in [3.05, 3.63) is 39.4 Å². The second-order valence-corrected chi connectivity index (χ2v) is 13.5. The molecule has 7 rings (SSSR count). The summed E-state index contributed by atoms with van der Waals surface area (Å²) in [6.07, 6.45) is 0.874. The van der Waals surface area contributed by atoms with Crippen LogP contribution in [0.3, 0.4) is 0 Å². The summed E-state index contributed by atoms with van der Waals surface area (Å²) in [5, 5.41) is 22.2. The highest BCUT2D eigenvalue weighted by Gasteiger charge is 2.60. The van der Waals surface area contributed by atoms with Gasteiger partial charge in [-0.2, -0.15) is 5.26 Å². The van der Waals surface area contributed by atoms with Crippen LogP contribution >= 0.6 is 11.8 Å². The highest BCUT2D eigenvalue weighted by molar-refractivity contribution is 7.99. The maximum Gasteiger partial charge on any atom is 0.323 e. The Labute approximate surface area is 265 Å². The van der Waals surface area contributed by atoms with E-state index in [1.165, 1.54) is 18.7 Å². The third-order valence-corrected chi connectivity index (χ3v) is 11.4. The fourth-order valence-electron chi connectivity index (χ4n) is 8.22. The lowest BCUT2D eigenvalue weighted by atomic mass is 9.71. The molecular weight excluding hydrogens is 600 g/mol. The summed E-state index contributed by atoms with van der Waals surface area (Å²) in [6.45, 7) is 5.14. The number of thioether (sulfide) groups is 1. The van der Waals surface area contributed by atoms with Crippen LogP contribution in [0, 0.1) is 25.2 Å². The van der Waals surface area contributed by atoms with E-state index in [0.29, 0.717) is 41.4 Å². The number of nitrogens with two attached hydrogens (primary N) is 1. The summed E-state index contributed by atoms with van der Waals surface area (Å²) in [5.74, 6) is 1.12. The predicted molar refractivity (Wildman–Crippen MR) is 163 cm³/mol. The fraction of sp³-hybridized carbons (Fsp3) is 0.531. The van der Waals surface area contributed by atoms with Gasteiger partial charge in [-0.3, -0.25) is 19.4 Å². The zero-order valence-corrected chi connectivity index (χ0v) is 26.6. The minimum absolute atomic E-state index is 0.00395. The second-order valence-electron chi connectivity index (χ2n) is 12.3. The summed E-state index contributed by atoms with van der Waals surface area (Å²) in [4.78, 5) is 29.9. The van der Waals surface area contributed by atoms with E-state index in [1.807, 2.05) is 27.0 Å². The number of carbonyl (C=O) groups excluding carboxylic acids is 2. The lowest BCUT2D eigenvalue weighted by Gasteiger charge is -2.61. The number of hydrogen-bond donors (Lipinski definition) is 2. The Morgan fingerprint density at radius 1 is 1.18 bits per heavy atom. The molecule has 0 amide bonds. The molecule has 2 aromatic carbocycles. The lowest BCUT2D eigenvalue weighted by molar-refractivity contribution is -0.145. The Morgan fingerprint density at radius 3 is 2.64 bits per heavy atom. The maximum absolute atomic E-state index is 12.9. The SMILES string of the molecule is COc1c(C)cc2c(c1O)[C@@H]1[C@@H]3[C@@H]4SCC(N)C(=O)OCC[C@@H](c5c6c(c(C)c(OC(C)=O)c54)OCO6)N3[C@@H](C#N)[C@H](C2)N1C. The Kier molecular flexibility index (Phi) is 7.31. The second kappa shape index (κ2) is 11.0. The van der Waals surface area contributed by atoms with Crippen molar-refractivity contribution < 1.29 is 38.4 Å². The molecule has 2 aromatic rings. The molecule has 7 atom stereocenters. The topological polar surface area (TPSA) is 157 Å². The molecule has 2 saturated heterocycles. The van der Waals surface area contributed by atoms with Crippen LogP contribution in [-0.4, -0.2) is 84.3 Å². The molecular formula is C32H36N4O8S. The van der Waals surface area contributed by atoms with Gasteiger partial charge in [-0.05, 0) is 38.4 Å². The number of nitrogens with zero attached hydrogens (tertiary/aromatic N) is 3. The number of esters is 2. The van der Waals surface area contributed by atoms with E-state index < -0.39 is 47.4 Å². The molecule has 0 aliphatic carbocycles. The molecule has 0 aromatic heterocycles. The number of methoxy groups -OCH3 is 1. The number of benzene rings is 2. The van der Waals surface area contributed by atoms with Crippen LogP contribution in [-0.2, 0) is 20.7 Å².